The van der Waals surface area contributed by atoms with Crippen molar-refractivity contribution in [2.24, 2.45) is 16.7 Å². The van der Waals surface area contributed by atoms with Crippen molar-refractivity contribution >= 4 is 23.0 Å². The minimum absolute atomic E-state index is 0.0425. The first-order valence-electron chi connectivity index (χ1n) is 8.56. The second-order valence-corrected chi connectivity index (χ2v) is 7.89. The highest BCUT2D eigenvalue weighted by Gasteiger charge is 2.67. The average Bonchev–Trinajstić information content (AvgIpc) is 3.13. The zero-order valence-corrected chi connectivity index (χ0v) is 14.7. The molecule has 25 heavy (non-hydrogen) atoms. The number of oxazole rings is 1. The molecule has 1 aliphatic carbocycles. The molecule has 2 aromatic rings. The molecule has 0 bridgehead atoms. The van der Waals surface area contributed by atoms with Gasteiger partial charge in [-0.05, 0) is 29.9 Å². The van der Waals surface area contributed by atoms with Crippen molar-refractivity contribution in [3.63, 3.8) is 0 Å². The lowest BCUT2D eigenvalue weighted by Crippen LogP contribution is -2.57. The van der Waals surface area contributed by atoms with E-state index in [0.29, 0.717) is 24.6 Å². The Balaban J connectivity index is 1.52. The summed E-state index contributed by atoms with van der Waals surface area (Å²) in [4.78, 5) is 31.2. The third-order valence-electron chi connectivity index (χ3n) is 5.84. The van der Waals surface area contributed by atoms with Gasteiger partial charge in [0, 0.05) is 13.1 Å². The molecule has 1 amide bonds. The van der Waals surface area contributed by atoms with Crippen LogP contribution in [-0.4, -0.2) is 42.0 Å². The van der Waals surface area contributed by atoms with Crippen molar-refractivity contribution in [3.8, 4) is 0 Å². The largest absolute Gasteiger partial charge is 0.469 e. The number of methoxy groups -OCH3 is 1. The number of likely N-dealkylation sites (tertiary alicyclic amines) is 1. The Morgan fingerprint density at radius 3 is 2.80 bits per heavy atom. The number of nitrogens with zero attached hydrogens (tertiary/aromatic N) is 2. The molecule has 1 saturated heterocycles. The predicted molar refractivity (Wildman–Crippen MR) is 90.6 cm³/mol. The fourth-order valence-corrected chi connectivity index (χ4v) is 4.80. The Morgan fingerprint density at radius 1 is 1.36 bits per heavy atom. The fourth-order valence-electron chi connectivity index (χ4n) is 4.80. The minimum Gasteiger partial charge on any atom is -0.469 e. The lowest BCUT2D eigenvalue weighted by molar-refractivity contribution is -0.174. The van der Waals surface area contributed by atoms with Crippen molar-refractivity contribution < 1.29 is 18.7 Å². The first-order valence-corrected chi connectivity index (χ1v) is 8.56. The van der Waals surface area contributed by atoms with Crippen LogP contribution in [0.4, 0.5) is 0 Å². The van der Waals surface area contributed by atoms with Crippen LogP contribution in [0.1, 0.15) is 26.2 Å². The quantitative estimate of drug-likeness (QED) is 0.801. The molecular weight excluding hydrogens is 320 g/mol. The van der Waals surface area contributed by atoms with Gasteiger partial charge < -0.3 is 14.1 Å². The predicted octanol–water partition coefficient (Wildman–Crippen LogP) is 2.42. The Bertz CT molecular complexity index is 823. The van der Waals surface area contributed by atoms with Crippen LogP contribution in [0.25, 0.3) is 11.1 Å². The number of ether oxygens (including phenoxy) is 1. The second-order valence-electron chi connectivity index (χ2n) is 7.89. The second kappa shape index (κ2) is 5.31. The molecule has 2 heterocycles. The molecule has 6 nitrogen and oxygen atoms in total. The van der Waals surface area contributed by atoms with E-state index in [1.165, 1.54) is 7.11 Å². The number of aromatic nitrogens is 1. The number of hydrogen-bond acceptors (Lipinski definition) is 5. The van der Waals surface area contributed by atoms with E-state index in [1.807, 2.05) is 24.3 Å². The maximum absolute atomic E-state index is 12.7. The van der Waals surface area contributed by atoms with Crippen LogP contribution in [-0.2, 0) is 20.7 Å². The van der Waals surface area contributed by atoms with E-state index in [1.54, 1.807) is 4.90 Å². The van der Waals surface area contributed by atoms with Gasteiger partial charge in [0.1, 0.15) is 11.9 Å². The van der Waals surface area contributed by atoms with E-state index in [-0.39, 0.29) is 29.6 Å². The molecule has 1 saturated carbocycles. The van der Waals surface area contributed by atoms with Gasteiger partial charge in [0.05, 0.1) is 12.5 Å². The average molecular weight is 342 g/mol. The van der Waals surface area contributed by atoms with Gasteiger partial charge in [-0.2, -0.15) is 0 Å². The van der Waals surface area contributed by atoms with Gasteiger partial charge in [-0.25, -0.2) is 4.98 Å². The van der Waals surface area contributed by atoms with Gasteiger partial charge >= 0.3 is 5.97 Å². The van der Waals surface area contributed by atoms with E-state index >= 15 is 0 Å². The Labute approximate surface area is 146 Å². The van der Waals surface area contributed by atoms with Crippen LogP contribution in [0, 0.1) is 16.7 Å². The van der Waals surface area contributed by atoms with Gasteiger partial charge in [0.25, 0.3) is 0 Å². The maximum atomic E-state index is 12.7. The molecule has 2 aliphatic rings. The van der Waals surface area contributed by atoms with Crippen molar-refractivity contribution in [2.75, 3.05) is 20.2 Å². The van der Waals surface area contributed by atoms with Crippen LogP contribution >= 0.6 is 0 Å². The number of rotatable bonds is 3. The van der Waals surface area contributed by atoms with Crippen molar-refractivity contribution in [1.29, 1.82) is 0 Å². The molecule has 2 atom stereocenters. The van der Waals surface area contributed by atoms with E-state index in [4.69, 9.17) is 9.15 Å². The summed E-state index contributed by atoms with van der Waals surface area (Å²) in [6.45, 7) is 5.30. The van der Waals surface area contributed by atoms with Crippen LogP contribution in [0.5, 0.6) is 0 Å². The van der Waals surface area contributed by atoms with Gasteiger partial charge in [0.2, 0.25) is 11.8 Å². The number of esters is 1. The zero-order valence-electron chi connectivity index (χ0n) is 14.7. The van der Waals surface area contributed by atoms with Crippen LogP contribution in [0.3, 0.4) is 0 Å². The number of hydrogen-bond donors (Lipinski definition) is 0. The number of carbonyl (C=O) groups is 2. The van der Waals surface area contributed by atoms with Crippen LogP contribution in [0.15, 0.2) is 28.7 Å². The monoisotopic (exact) mass is 342 g/mol. The summed E-state index contributed by atoms with van der Waals surface area (Å²) >= 11 is 0. The topological polar surface area (TPSA) is 72.6 Å². The summed E-state index contributed by atoms with van der Waals surface area (Å²) in [6.07, 6.45) is 0.864. The molecule has 132 valence electrons. The first-order chi connectivity index (χ1) is 11.9. The maximum Gasteiger partial charge on any atom is 0.314 e. The highest BCUT2D eigenvalue weighted by Crippen LogP contribution is 2.63. The zero-order chi connectivity index (χ0) is 17.8. The van der Waals surface area contributed by atoms with Crippen LogP contribution in [0.2, 0.25) is 0 Å². The highest BCUT2D eigenvalue weighted by molar-refractivity contribution is 5.84. The molecule has 1 aromatic heterocycles. The molecular formula is C19H22N2O4. The van der Waals surface area contributed by atoms with Gasteiger partial charge in [-0.15, -0.1) is 0 Å². The van der Waals surface area contributed by atoms with Gasteiger partial charge in [-0.3, -0.25) is 9.59 Å². The van der Waals surface area contributed by atoms with Crippen molar-refractivity contribution in [1.82, 2.24) is 9.88 Å². The SMILES string of the molecule is COC(=O)[C@@]12CN(C(=O)Cc3nc4ccccc4o3)C[C@@H]1C(C)(C)C2. The molecule has 0 unspecified atom stereocenters. The number of fused-ring (bicyclic) bond motifs is 2. The summed E-state index contributed by atoms with van der Waals surface area (Å²) in [5, 5.41) is 0. The number of carbonyl (C=O) groups excluding carboxylic acids is 2. The lowest BCUT2D eigenvalue weighted by Gasteiger charge is -2.54. The number of amides is 1. The van der Waals surface area contributed by atoms with E-state index in [2.05, 4.69) is 18.8 Å². The molecule has 1 aliphatic heterocycles. The van der Waals surface area contributed by atoms with Crippen molar-refractivity contribution in [3.05, 3.63) is 30.2 Å². The first kappa shape index (κ1) is 16.1. The van der Waals surface area contributed by atoms with Crippen LogP contribution < -0.4 is 0 Å². The third kappa shape index (κ3) is 2.34. The Morgan fingerprint density at radius 2 is 2.12 bits per heavy atom. The fraction of sp³-hybridized carbons (Fsp3) is 0.526. The minimum atomic E-state index is -0.546. The normalized spacial score (nSPS) is 27.0. The smallest absolute Gasteiger partial charge is 0.314 e. The Kier molecular flexibility index (Phi) is 3.42. The standard InChI is InChI=1S/C19H22N2O4/c1-18(2)10-19(17(23)24-3)11-21(9-14(18)19)16(22)8-15-20-12-6-4-5-7-13(12)25-15/h4-7,14H,8-11H2,1-3H3/t14-,19+/m1/s1. The molecule has 1 aromatic carbocycles. The summed E-state index contributed by atoms with van der Waals surface area (Å²) in [7, 11) is 1.42. The van der Waals surface area contributed by atoms with E-state index in [9.17, 15) is 9.59 Å². The summed E-state index contributed by atoms with van der Waals surface area (Å²) in [6, 6.07) is 7.45. The molecule has 2 fully saturated rings. The number of benzene rings is 1. The van der Waals surface area contributed by atoms with Crippen molar-refractivity contribution in [2.45, 2.75) is 26.7 Å². The lowest BCUT2D eigenvalue weighted by atomic mass is 9.48. The molecule has 0 spiro atoms. The molecule has 4 rings (SSSR count). The molecule has 0 radical (unpaired) electrons. The summed E-state index contributed by atoms with van der Waals surface area (Å²) in [5.74, 6) is 0.297. The Hall–Kier alpha value is -2.37. The highest BCUT2D eigenvalue weighted by atomic mass is 16.5. The number of para-hydroxylation sites is 2. The third-order valence-corrected chi connectivity index (χ3v) is 5.84. The van der Waals surface area contributed by atoms with E-state index < -0.39 is 5.41 Å². The summed E-state index contributed by atoms with van der Waals surface area (Å²) < 4.78 is 10.7. The molecule has 6 heteroatoms. The summed E-state index contributed by atoms with van der Waals surface area (Å²) in [5.41, 5.74) is 0.925. The van der Waals surface area contributed by atoms with E-state index in [0.717, 1.165) is 11.9 Å². The van der Waals surface area contributed by atoms with Gasteiger partial charge in [0.15, 0.2) is 5.58 Å². The van der Waals surface area contributed by atoms with Gasteiger partial charge in [-0.1, -0.05) is 26.0 Å². The molecule has 0 N–H and O–H groups in total.